The summed E-state index contributed by atoms with van der Waals surface area (Å²) in [7, 11) is -3.12. The topological polar surface area (TPSA) is 78.4 Å². The van der Waals surface area contributed by atoms with Crippen LogP contribution in [0.5, 0.6) is 0 Å². The Bertz CT molecular complexity index is 1100. The van der Waals surface area contributed by atoms with Crippen LogP contribution < -0.4 is 9.62 Å². The lowest BCUT2D eigenvalue weighted by Gasteiger charge is -2.38. The van der Waals surface area contributed by atoms with E-state index in [0.717, 1.165) is 88.4 Å². The molecule has 188 valence electrons. The molecule has 2 aliphatic carbocycles. The number of anilines is 1. The molecule has 7 nitrogen and oxygen atoms in total. The van der Waals surface area contributed by atoms with Gasteiger partial charge in [-0.25, -0.2) is 23.1 Å². The average molecular weight is 518 g/mol. The number of rotatable bonds is 7. The number of fused-ring (bicyclic) bond motifs is 1. The van der Waals surface area contributed by atoms with Crippen molar-refractivity contribution in [2.75, 3.05) is 37.6 Å². The Hall–Kier alpha value is -1.50. The molecule has 1 saturated heterocycles. The van der Waals surface area contributed by atoms with Gasteiger partial charge in [-0.2, -0.15) is 13.2 Å². The largest absolute Gasteiger partial charge is 0.393 e. The first-order chi connectivity index (χ1) is 16.2. The summed E-state index contributed by atoms with van der Waals surface area (Å²) in [6.45, 7) is 4.29. The summed E-state index contributed by atoms with van der Waals surface area (Å²) in [6, 6.07) is 1.66. The molecular weight excluding hydrogens is 487 g/mol. The molecule has 2 aromatic rings. The van der Waals surface area contributed by atoms with E-state index in [4.69, 9.17) is 0 Å². The predicted octanol–water partition coefficient (Wildman–Crippen LogP) is 3.56. The lowest BCUT2D eigenvalue weighted by Crippen LogP contribution is -2.49. The van der Waals surface area contributed by atoms with Gasteiger partial charge in [0, 0.05) is 43.6 Å². The predicted molar refractivity (Wildman–Crippen MR) is 127 cm³/mol. The van der Waals surface area contributed by atoms with Gasteiger partial charge >= 0.3 is 6.18 Å². The summed E-state index contributed by atoms with van der Waals surface area (Å²) in [6.07, 6.45) is 1.70. The lowest BCUT2D eigenvalue weighted by molar-refractivity contribution is -0.126. The minimum absolute atomic E-state index is 0.0757. The van der Waals surface area contributed by atoms with E-state index in [0.29, 0.717) is 16.1 Å². The van der Waals surface area contributed by atoms with E-state index < -0.39 is 22.6 Å². The molecule has 12 heteroatoms. The highest BCUT2D eigenvalue weighted by Gasteiger charge is 2.38. The van der Waals surface area contributed by atoms with Crippen LogP contribution in [0.1, 0.15) is 43.4 Å². The highest BCUT2D eigenvalue weighted by atomic mass is 32.2. The molecule has 0 unspecified atom stereocenters. The molecular formula is C22H30F3N5O2S2. The zero-order valence-corrected chi connectivity index (χ0v) is 20.6. The summed E-state index contributed by atoms with van der Waals surface area (Å²) >= 11 is 1.08. The van der Waals surface area contributed by atoms with E-state index in [1.54, 1.807) is 6.07 Å². The molecule has 0 atom stereocenters. The molecule has 0 amide bonds. The van der Waals surface area contributed by atoms with E-state index in [-0.39, 0.29) is 16.2 Å². The molecule has 3 heterocycles. The standard InChI is InChI=1S/C22H30F3N5O2S2/c23-22(24,25)12-17-11-19-20(26-14-27-21(19)33-17)30-9-7-29(8-10-30)13-15-1-3-16(4-2-15)28-34(31,32)18-5-6-18/h11,14-16,18,28H,1-10,12-13H2. The molecule has 34 heavy (non-hydrogen) atoms. The summed E-state index contributed by atoms with van der Waals surface area (Å²) in [5, 5.41) is 0.537. The zero-order chi connectivity index (χ0) is 23.9. The van der Waals surface area contributed by atoms with Crippen molar-refractivity contribution < 1.29 is 21.6 Å². The van der Waals surface area contributed by atoms with E-state index in [9.17, 15) is 21.6 Å². The molecule has 2 aromatic heterocycles. The van der Waals surface area contributed by atoms with E-state index in [1.807, 2.05) is 0 Å². The maximum absolute atomic E-state index is 12.8. The maximum atomic E-state index is 12.8. The van der Waals surface area contributed by atoms with Crippen molar-refractivity contribution in [2.24, 2.45) is 5.92 Å². The fraction of sp³-hybridized carbons (Fsp3) is 0.727. The Morgan fingerprint density at radius 3 is 2.38 bits per heavy atom. The number of nitrogens with zero attached hydrogens (tertiary/aromatic N) is 4. The highest BCUT2D eigenvalue weighted by Crippen LogP contribution is 2.34. The second kappa shape index (κ2) is 9.51. The van der Waals surface area contributed by atoms with Crippen molar-refractivity contribution in [2.45, 2.75) is 62.4 Å². The van der Waals surface area contributed by atoms with E-state index >= 15 is 0 Å². The first-order valence-corrected chi connectivity index (χ1v) is 14.3. The van der Waals surface area contributed by atoms with Crippen molar-refractivity contribution in [1.82, 2.24) is 19.6 Å². The Morgan fingerprint density at radius 2 is 1.74 bits per heavy atom. The molecule has 1 N–H and O–H groups in total. The van der Waals surface area contributed by atoms with Crippen molar-refractivity contribution in [3.8, 4) is 0 Å². The van der Waals surface area contributed by atoms with Gasteiger partial charge < -0.3 is 4.90 Å². The van der Waals surface area contributed by atoms with Crippen molar-refractivity contribution in [1.29, 1.82) is 0 Å². The van der Waals surface area contributed by atoms with Crippen LogP contribution in [0.2, 0.25) is 0 Å². The van der Waals surface area contributed by atoms with Gasteiger partial charge in [-0.1, -0.05) is 0 Å². The van der Waals surface area contributed by atoms with Crippen LogP contribution in [0.4, 0.5) is 19.0 Å². The third kappa shape index (κ3) is 5.83. The number of nitrogens with one attached hydrogen (secondary N) is 1. The zero-order valence-electron chi connectivity index (χ0n) is 18.9. The number of aromatic nitrogens is 2. The minimum Gasteiger partial charge on any atom is -0.353 e. The molecule has 1 aliphatic heterocycles. The summed E-state index contributed by atoms with van der Waals surface area (Å²) in [5.41, 5.74) is 0. The maximum Gasteiger partial charge on any atom is 0.393 e. The number of piperazine rings is 1. The Labute approximate surface area is 201 Å². The van der Waals surface area contributed by atoms with Gasteiger partial charge in [-0.15, -0.1) is 11.3 Å². The first kappa shape index (κ1) is 24.2. The minimum atomic E-state index is -4.24. The van der Waals surface area contributed by atoms with Gasteiger partial charge in [0.1, 0.15) is 17.0 Å². The van der Waals surface area contributed by atoms with Crippen molar-refractivity contribution in [3.05, 3.63) is 17.3 Å². The summed E-state index contributed by atoms with van der Waals surface area (Å²) < 4.78 is 65.7. The van der Waals surface area contributed by atoms with Gasteiger partial charge in [-0.05, 0) is 50.5 Å². The Balaban J connectivity index is 1.12. The smallest absolute Gasteiger partial charge is 0.353 e. The molecule has 3 fully saturated rings. The number of hydrogen-bond donors (Lipinski definition) is 1. The van der Waals surface area contributed by atoms with Crippen LogP contribution in [0.3, 0.4) is 0 Å². The first-order valence-electron chi connectivity index (χ1n) is 11.9. The van der Waals surface area contributed by atoms with Gasteiger partial charge in [0.2, 0.25) is 10.0 Å². The number of thiophene rings is 1. The molecule has 0 bridgehead atoms. The molecule has 2 saturated carbocycles. The lowest BCUT2D eigenvalue weighted by atomic mass is 9.86. The number of hydrogen-bond acceptors (Lipinski definition) is 7. The molecule has 0 spiro atoms. The average Bonchev–Trinajstić information content (AvgIpc) is 3.56. The monoisotopic (exact) mass is 517 g/mol. The highest BCUT2D eigenvalue weighted by molar-refractivity contribution is 7.90. The normalized spacial score (nSPS) is 25.2. The summed E-state index contributed by atoms with van der Waals surface area (Å²) in [5.74, 6) is 1.29. The van der Waals surface area contributed by atoms with E-state index in [1.165, 1.54) is 6.33 Å². The fourth-order valence-electron chi connectivity index (χ4n) is 5.11. The van der Waals surface area contributed by atoms with Crippen LogP contribution >= 0.6 is 11.3 Å². The third-order valence-corrected chi connectivity index (χ3v) is 10.1. The SMILES string of the molecule is O=S(=O)(NC1CCC(CN2CCN(c3ncnc4sc(CC(F)(F)F)cc34)CC2)CC1)C1CC1. The molecule has 0 radical (unpaired) electrons. The third-order valence-electron chi connectivity index (χ3n) is 7.06. The number of sulfonamides is 1. The van der Waals surface area contributed by atoms with Gasteiger partial charge in [0.25, 0.3) is 0 Å². The quantitative estimate of drug-likeness (QED) is 0.605. The van der Waals surface area contributed by atoms with Crippen LogP contribution in [-0.4, -0.2) is 73.5 Å². The van der Waals surface area contributed by atoms with Crippen LogP contribution in [-0.2, 0) is 16.4 Å². The number of halogens is 3. The fourth-order valence-corrected chi connectivity index (χ4v) is 7.78. The second-order valence-electron chi connectivity index (χ2n) is 9.79. The molecule has 0 aromatic carbocycles. The second-order valence-corrected chi connectivity index (χ2v) is 12.9. The van der Waals surface area contributed by atoms with Crippen LogP contribution in [0, 0.1) is 5.92 Å². The molecule has 3 aliphatic rings. The van der Waals surface area contributed by atoms with Gasteiger partial charge in [0.05, 0.1) is 17.1 Å². The number of alkyl halides is 3. The van der Waals surface area contributed by atoms with E-state index in [2.05, 4.69) is 24.5 Å². The van der Waals surface area contributed by atoms with Crippen molar-refractivity contribution in [3.63, 3.8) is 0 Å². The Morgan fingerprint density at radius 1 is 1.03 bits per heavy atom. The van der Waals surface area contributed by atoms with Gasteiger partial charge in [-0.3, -0.25) is 4.90 Å². The summed E-state index contributed by atoms with van der Waals surface area (Å²) in [4.78, 5) is 14.0. The molecule has 5 rings (SSSR count). The van der Waals surface area contributed by atoms with Crippen LogP contribution in [0.25, 0.3) is 10.2 Å². The van der Waals surface area contributed by atoms with Crippen LogP contribution in [0.15, 0.2) is 12.4 Å². The Kier molecular flexibility index (Phi) is 6.77. The van der Waals surface area contributed by atoms with Crippen molar-refractivity contribution >= 4 is 37.4 Å². The van der Waals surface area contributed by atoms with Gasteiger partial charge in [0.15, 0.2) is 0 Å².